The first-order valence-corrected chi connectivity index (χ1v) is 6.46. The number of amides is 2. The van der Waals surface area contributed by atoms with Gasteiger partial charge < -0.3 is 10.2 Å². The molecule has 0 aliphatic rings. The van der Waals surface area contributed by atoms with E-state index in [2.05, 4.69) is 5.32 Å². The van der Waals surface area contributed by atoms with E-state index in [1.54, 1.807) is 25.1 Å². The molecule has 0 aliphatic heterocycles. The van der Waals surface area contributed by atoms with Crippen LogP contribution in [0.25, 0.3) is 0 Å². The Balaban J connectivity index is 2.73. The van der Waals surface area contributed by atoms with Crippen molar-refractivity contribution in [2.75, 3.05) is 12.4 Å². The molecule has 0 bridgehead atoms. The molecule has 1 N–H and O–H groups in total. The zero-order valence-electron chi connectivity index (χ0n) is 11.6. The molecule has 0 saturated heterocycles. The summed E-state index contributed by atoms with van der Waals surface area (Å²) >= 11 is 5.95. The number of hydrogen-bond acceptors (Lipinski definition) is 3. The zero-order chi connectivity index (χ0) is 15.3. The van der Waals surface area contributed by atoms with Crippen molar-refractivity contribution in [1.29, 1.82) is 5.26 Å². The molecule has 0 radical (unpaired) electrons. The highest BCUT2D eigenvalue weighted by Gasteiger charge is 2.22. The molecule has 1 rings (SSSR count). The van der Waals surface area contributed by atoms with E-state index in [1.165, 1.54) is 11.9 Å². The van der Waals surface area contributed by atoms with Crippen LogP contribution in [0.15, 0.2) is 18.2 Å². The Morgan fingerprint density at radius 3 is 2.70 bits per heavy atom. The van der Waals surface area contributed by atoms with Gasteiger partial charge in [0.25, 0.3) is 0 Å². The van der Waals surface area contributed by atoms with Gasteiger partial charge in [-0.2, -0.15) is 5.26 Å². The van der Waals surface area contributed by atoms with Crippen molar-refractivity contribution in [3.8, 4) is 6.07 Å². The van der Waals surface area contributed by atoms with Crippen molar-refractivity contribution < 1.29 is 9.59 Å². The van der Waals surface area contributed by atoms with Gasteiger partial charge in [-0.3, -0.25) is 9.59 Å². The van der Waals surface area contributed by atoms with Crippen LogP contribution in [0.5, 0.6) is 0 Å². The topological polar surface area (TPSA) is 73.2 Å². The predicted octanol–water partition coefficient (Wildman–Crippen LogP) is 2.35. The maximum atomic E-state index is 11.9. The number of nitrogens with one attached hydrogen (secondary N) is 1. The van der Waals surface area contributed by atoms with Gasteiger partial charge in [-0.25, -0.2) is 0 Å². The summed E-state index contributed by atoms with van der Waals surface area (Å²) in [5.41, 5.74) is 1.34. The summed E-state index contributed by atoms with van der Waals surface area (Å²) in [4.78, 5) is 25.0. The number of hydrogen-bond donors (Lipinski definition) is 1. The first-order chi connectivity index (χ1) is 9.36. The largest absolute Gasteiger partial charge is 0.334 e. The molecule has 20 heavy (non-hydrogen) atoms. The van der Waals surface area contributed by atoms with E-state index >= 15 is 0 Å². The minimum Gasteiger partial charge on any atom is -0.334 e. The number of benzene rings is 1. The molecule has 0 saturated carbocycles. The monoisotopic (exact) mass is 293 g/mol. The van der Waals surface area contributed by atoms with Crippen LogP contribution in [0.2, 0.25) is 5.02 Å². The summed E-state index contributed by atoms with van der Waals surface area (Å²) in [6.07, 6.45) is 0.172. The summed E-state index contributed by atoms with van der Waals surface area (Å²) in [6, 6.07) is 6.65. The Kier molecular flexibility index (Phi) is 5.53. The van der Waals surface area contributed by atoms with Crippen LogP contribution in [-0.4, -0.2) is 29.8 Å². The van der Waals surface area contributed by atoms with Gasteiger partial charge in [0.05, 0.1) is 12.5 Å². The zero-order valence-corrected chi connectivity index (χ0v) is 12.4. The fourth-order valence-corrected chi connectivity index (χ4v) is 1.67. The van der Waals surface area contributed by atoms with Crippen LogP contribution in [-0.2, 0) is 9.59 Å². The number of carbonyl (C=O) groups is 2. The standard InChI is InChI=1S/C14H16ClN3O2/c1-9-4-5-11(8-12(9)15)17-13(19)14(20)18(3)10(2)6-7-16/h4-5,8,10H,6H2,1-3H3,(H,17,19)/t10-/m1/s1. The van der Waals surface area contributed by atoms with E-state index in [0.29, 0.717) is 10.7 Å². The second-order valence-corrected chi connectivity index (χ2v) is 4.95. The molecular weight excluding hydrogens is 278 g/mol. The second kappa shape index (κ2) is 6.92. The fourth-order valence-electron chi connectivity index (χ4n) is 1.48. The van der Waals surface area contributed by atoms with Crippen LogP contribution in [0.1, 0.15) is 18.9 Å². The van der Waals surface area contributed by atoms with Gasteiger partial charge >= 0.3 is 11.8 Å². The van der Waals surface area contributed by atoms with E-state index in [9.17, 15) is 9.59 Å². The summed E-state index contributed by atoms with van der Waals surface area (Å²) in [6.45, 7) is 3.55. The molecule has 2 amide bonds. The molecule has 1 atom stereocenters. The molecule has 0 aliphatic carbocycles. The average molecular weight is 294 g/mol. The van der Waals surface area contributed by atoms with Crippen molar-refractivity contribution >= 4 is 29.1 Å². The third kappa shape index (κ3) is 3.97. The molecule has 106 valence electrons. The third-order valence-corrected chi connectivity index (χ3v) is 3.40. The highest BCUT2D eigenvalue weighted by atomic mass is 35.5. The van der Waals surface area contributed by atoms with Crippen LogP contribution < -0.4 is 5.32 Å². The van der Waals surface area contributed by atoms with Crippen LogP contribution in [0.3, 0.4) is 0 Å². The lowest BCUT2D eigenvalue weighted by molar-refractivity contribution is -0.143. The fraction of sp³-hybridized carbons (Fsp3) is 0.357. The average Bonchev–Trinajstić information content (AvgIpc) is 2.41. The lowest BCUT2D eigenvalue weighted by Gasteiger charge is -2.22. The summed E-state index contributed by atoms with van der Waals surface area (Å²) < 4.78 is 0. The molecule has 0 unspecified atom stereocenters. The van der Waals surface area contributed by atoms with Crippen LogP contribution >= 0.6 is 11.6 Å². The van der Waals surface area contributed by atoms with Gasteiger partial charge in [0.1, 0.15) is 0 Å². The minimum absolute atomic E-state index is 0.172. The second-order valence-electron chi connectivity index (χ2n) is 4.55. The van der Waals surface area contributed by atoms with E-state index in [1.807, 2.05) is 13.0 Å². The van der Waals surface area contributed by atoms with Crippen LogP contribution in [0.4, 0.5) is 5.69 Å². The first-order valence-electron chi connectivity index (χ1n) is 6.08. The van der Waals surface area contributed by atoms with Crippen molar-refractivity contribution in [3.05, 3.63) is 28.8 Å². The number of carbonyl (C=O) groups excluding carboxylic acids is 2. The Morgan fingerprint density at radius 1 is 1.50 bits per heavy atom. The molecule has 1 aromatic rings. The molecule has 0 spiro atoms. The Bertz CT molecular complexity index is 566. The van der Waals surface area contributed by atoms with Crippen molar-refractivity contribution in [3.63, 3.8) is 0 Å². The Hall–Kier alpha value is -2.06. The maximum absolute atomic E-state index is 11.9. The third-order valence-electron chi connectivity index (χ3n) is 2.99. The molecule has 1 aromatic carbocycles. The lowest BCUT2D eigenvalue weighted by Crippen LogP contribution is -2.42. The first kappa shape index (κ1) is 16.0. The van der Waals surface area contributed by atoms with Gasteiger partial charge in [0.2, 0.25) is 0 Å². The molecular formula is C14H16ClN3O2. The number of halogens is 1. The Labute approximate surface area is 123 Å². The molecule has 0 heterocycles. The smallest absolute Gasteiger partial charge is 0.313 e. The summed E-state index contributed by atoms with van der Waals surface area (Å²) in [5, 5.41) is 11.6. The molecule has 5 nitrogen and oxygen atoms in total. The highest BCUT2D eigenvalue weighted by molar-refractivity contribution is 6.39. The minimum atomic E-state index is -0.753. The maximum Gasteiger partial charge on any atom is 0.313 e. The van der Waals surface area contributed by atoms with Gasteiger partial charge in [0.15, 0.2) is 0 Å². The van der Waals surface area contributed by atoms with Gasteiger partial charge in [0, 0.05) is 23.8 Å². The predicted molar refractivity (Wildman–Crippen MR) is 77.3 cm³/mol. The van der Waals surface area contributed by atoms with Crippen molar-refractivity contribution in [2.45, 2.75) is 26.3 Å². The Morgan fingerprint density at radius 2 is 2.15 bits per heavy atom. The number of nitrogens with zero attached hydrogens (tertiary/aromatic N) is 2. The van der Waals surface area contributed by atoms with E-state index in [0.717, 1.165) is 5.56 Å². The highest BCUT2D eigenvalue weighted by Crippen LogP contribution is 2.20. The normalized spacial score (nSPS) is 11.3. The van der Waals surface area contributed by atoms with E-state index < -0.39 is 11.8 Å². The van der Waals surface area contributed by atoms with Gasteiger partial charge in [-0.05, 0) is 31.5 Å². The van der Waals surface area contributed by atoms with Crippen molar-refractivity contribution in [2.24, 2.45) is 0 Å². The molecule has 6 heteroatoms. The number of likely N-dealkylation sites (N-methyl/N-ethyl adjacent to an activating group) is 1. The quantitative estimate of drug-likeness (QED) is 0.869. The number of aryl methyl sites for hydroxylation is 1. The number of nitriles is 1. The molecule has 0 aromatic heterocycles. The number of anilines is 1. The lowest BCUT2D eigenvalue weighted by atomic mass is 10.2. The number of rotatable bonds is 3. The summed E-state index contributed by atoms with van der Waals surface area (Å²) in [7, 11) is 1.49. The molecule has 0 fully saturated rings. The van der Waals surface area contributed by atoms with E-state index in [-0.39, 0.29) is 12.5 Å². The SMILES string of the molecule is Cc1ccc(NC(=O)C(=O)N(C)[C@H](C)CC#N)cc1Cl. The van der Waals surface area contributed by atoms with Crippen LogP contribution in [0, 0.1) is 18.3 Å². The van der Waals surface area contributed by atoms with Gasteiger partial charge in [-0.1, -0.05) is 17.7 Å². The van der Waals surface area contributed by atoms with E-state index in [4.69, 9.17) is 16.9 Å². The summed E-state index contributed by atoms with van der Waals surface area (Å²) in [5.74, 6) is -1.44. The van der Waals surface area contributed by atoms with Crippen molar-refractivity contribution in [1.82, 2.24) is 4.90 Å². The van der Waals surface area contributed by atoms with Gasteiger partial charge in [-0.15, -0.1) is 0 Å².